The zero-order chi connectivity index (χ0) is 16.5. The van der Waals surface area contributed by atoms with E-state index in [9.17, 15) is 4.79 Å². The molecular formula is C16H16N4O2S. The topological polar surface area (TPSA) is 88.7 Å². The number of ether oxygens (including phenoxy) is 1. The van der Waals surface area contributed by atoms with Crippen molar-refractivity contribution in [2.24, 2.45) is 10.8 Å². The number of carbonyl (C=O) groups excluding carboxylic acids is 1. The molecule has 0 bridgehead atoms. The van der Waals surface area contributed by atoms with Crippen LogP contribution in [0.5, 0.6) is 5.75 Å². The fraction of sp³-hybridized carbons (Fsp3) is 0.0625. The molecule has 4 N–H and O–H groups in total. The van der Waals surface area contributed by atoms with Gasteiger partial charge in [-0.3, -0.25) is 10.2 Å². The predicted molar refractivity (Wildman–Crippen MR) is 94.5 cm³/mol. The van der Waals surface area contributed by atoms with Gasteiger partial charge in [0, 0.05) is 5.69 Å². The van der Waals surface area contributed by atoms with Crippen LogP contribution >= 0.6 is 12.2 Å². The molecule has 1 amide bonds. The Morgan fingerprint density at radius 3 is 2.52 bits per heavy atom. The standard InChI is InChI=1S/C16H16N4O2S/c17-15(21)11-22-14-8-6-12(7-9-14)10-18-20-16(23)19-13-4-2-1-3-5-13/h1-10H,11H2,(H2,17,21)(H2,19,20,23). The molecule has 7 heteroatoms. The van der Waals surface area contributed by atoms with Crippen LogP contribution in [-0.4, -0.2) is 23.8 Å². The first-order valence-electron chi connectivity index (χ1n) is 6.80. The van der Waals surface area contributed by atoms with Crippen LogP contribution in [0, 0.1) is 0 Å². The van der Waals surface area contributed by atoms with E-state index in [1.54, 1.807) is 30.5 Å². The van der Waals surface area contributed by atoms with Crippen molar-refractivity contribution < 1.29 is 9.53 Å². The van der Waals surface area contributed by atoms with Gasteiger partial charge in [-0.2, -0.15) is 5.10 Å². The van der Waals surface area contributed by atoms with E-state index in [0.717, 1.165) is 11.3 Å². The van der Waals surface area contributed by atoms with Gasteiger partial charge >= 0.3 is 0 Å². The summed E-state index contributed by atoms with van der Waals surface area (Å²) in [6.07, 6.45) is 1.62. The average molecular weight is 328 g/mol. The maximum atomic E-state index is 10.6. The molecule has 23 heavy (non-hydrogen) atoms. The van der Waals surface area contributed by atoms with Crippen LogP contribution in [0.4, 0.5) is 5.69 Å². The SMILES string of the molecule is NC(=O)COc1ccc(C=NNC(=S)Nc2ccccc2)cc1. The summed E-state index contributed by atoms with van der Waals surface area (Å²) in [6.45, 7) is -0.144. The van der Waals surface area contributed by atoms with E-state index in [1.807, 2.05) is 30.3 Å². The molecule has 2 aromatic carbocycles. The number of hydrogen-bond acceptors (Lipinski definition) is 4. The van der Waals surface area contributed by atoms with Crippen molar-refractivity contribution in [2.75, 3.05) is 11.9 Å². The molecular weight excluding hydrogens is 312 g/mol. The Bertz CT molecular complexity index is 687. The molecule has 6 nitrogen and oxygen atoms in total. The number of benzene rings is 2. The van der Waals surface area contributed by atoms with E-state index in [2.05, 4.69) is 15.8 Å². The second-order valence-corrected chi connectivity index (χ2v) is 4.92. The lowest BCUT2D eigenvalue weighted by molar-refractivity contribution is -0.119. The minimum Gasteiger partial charge on any atom is -0.484 e. The Morgan fingerprint density at radius 2 is 1.87 bits per heavy atom. The largest absolute Gasteiger partial charge is 0.484 e. The number of nitrogens with two attached hydrogens (primary N) is 1. The van der Waals surface area contributed by atoms with Gasteiger partial charge in [0.1, 0.15) is 5.75 Å². The van der Waals surface area contributed by atoms with Gasteiger partial charge in [0.2, 0.25) is 0 Å². The van der Waals surface area contributed by atoms with E-state index in [1.165, 1.54) is 0 Å². The predicted octanol–water partition coefficient (Wildman–Crippen LogP) is 1.87. The number of hydrogen-bond donors (Lipinski definition) is 3. The first kappa shape index (κ1) is 16.4. The van der Waals surface area contributed by atoms with Gasteiger partial charge in [0.25, 0.3) is 5.91 Å². The minimum atomic E-state index is -0.515. The molecule has 0 aliphatic heterocycles. The summed E-state index contributed by atoms with van der Waals surface area (Å²) in [5.74, 6) is 0.0504. The number of nitrogens with one attached hydrogen (secondary N) is 2. The first-order chi connectivity index (χ1) is 11.1. The smallest absolute Gasteiger partial charge is 0.255 e. The maximum Gasteiger partial charge on any atom is 0.255 e. The molecule has 0 fully saturated rings. The molecule has 0 saturated heterocycles. The third-order valence-corrected chi connectivity index (χ3v) is 2.87. The average Bonchev–Trinajstić information content (AvgIpc) is 2.55. The van der Waals surface area contributed by atoms with Gasteiger partial charge in [-0.05, 0) is 54.2 Å². The minimum absolute atomic E-state index is 0.144. The van der Waals surface area contributed by atoms with E-state index in [-0.39, 0.29) is 6.61 Å². The van der Waals surface area contributed by atoms with Gasteiger partial charge in [0.15, 0.2) is 11.7 Å². The lowest BCUT2D eigenvalue weighted by Crippen LogP contribution is -2.23. The zero-order valence-corrected chi connectivity index (χ0v) is 13.0. The summed E-state index contributed by atoms with van der Waals surface area (Å²) >= 11 is 5.13. The van der Waals surface area contributed by atoms with E-state index in [0.29, 0.717) is 10.9 Å². The van der Waals surface area contributed by atoms with Gasteiger partial charge in [-0.15, -0.1) is 0 Å². The van der Waals surface area contributed by atoms with E-state index in [4.69, 9.17) is 22.7 Å². The lowest BCUT2D eigenvalue weighted by Gasteiger charge is -2.06. The Hall–Kier alpha value is -2.93. The van der Waals surface area contributed by atoms with E-state index < -0.39 is 5.91 Å². The fourth-order valence-electron chi connectivity index (χ4n) is 1.65. The van der Waals surface area contributed by atoms with E-state index >= 15 is 0 Å². The number of primary amides is 1. The Labute approximate surface area is 139 Å². The molecule has 118 valence electrons. The highest BCUT2D eigenvalue weighted by Gasteiger charge is 1.97. The molecule has 0 atom stereocenters. The summed E-state index contributed by atoms with van der Waals surface area (Å²) in [5, 5.41) is 7.45. The van der Waals surface area contributed by atoms with Crippen molar-refractivity contribution in [3.8, 4) is 5.75 Å². The number of amides is 1. The fourth-order valence-corrected chi connectivity index (χ4v) is 1.82. The van der Waals surface area contributed by atoms with Crippen molar-refractivity contribution in [1.82, 2.24) is 5.43 Å². The molecule has 2 rings (SSSR count). The van der Waals surface area contributed by atoms with Crippen molar-refractivity contribution in [2.45, 2.75) is 0 Å². The normalized spacial score (nSPS) is 10.3. The van der Waals surface area contributed by atoms with Crippen LogP contribution in [0.1, 0.15) is 5.56 Å². The van der Waals surface area contributed by atoms with Crippen LogP contribution in [0.2, 0.25) is 0 Å². The van der Waals surface area contributed by atoms with Crippen molar-refractivity contribution in [3.05, 3.63) is 60.2 Å². The van der Waals surface area contributed by atoms with Crippen LogP contribution in [0.25, 0.3) is 0 Å². The molecule has 0 heterocycles. The van der Waals surface area contributed by atoms with Gasteiger partial charge in [-0.25, -0.2) is 0 Å². The summed E-state index contributed by atoms with van der Waals surface area (Å²) in [6, 6.07) is 16.6. The van der Waals surface area contributed by atoms with Crippen LogP contribution < -0.4 is 21.2 Å². The molecule has 0 aliphatic carbocycles. The molecule has 2 aromatic rings. The summed E-state index contributed by atoms with van der Waals surface area (Å²) in [4.78, 5) is 10.6. The first-order valence-corrected chi connectivity index (χ1v) is 7.20. The van der Waals surface area contributed by atoms with Crippen molar-refractivity contribution in [1.29, 1.82) is 0 Å². The Balaban J connectivity index is 1.81. The Kier molecular flexibility index (Phi) is 6.07. The van der Waals surface area contributed by atoms with Crippen molar-refractivity contribution >= 4 is 35.1 Å². The van der Waals surface area contributed by atoms with Gasteiger partial charge < -0.3 is 15.8 Å². The number of hydrazone groups is 1. The summed E-state index contributed by atoms with van der Waals surface area (Å²) < 4.78 is 5.17. The van der Waals surface area contributed by atoms with Gasteiger partial charge in [-0.1, -0.05) is 18.2 Å². The molecule has 0 aromatic heterocycles. The zero-order valence-electron chi connectivity index (χ0n) is 12.2. The second kappa shape index (κ2) is 8.50. The highest BCUT2D eigenvalue weighted by Crippen LogP contribution is 2.10. The summed E-state index contributed by atoms with van der Waals surface area (Å²) in [7, 11) is 0. The summed E-state index contributed by atoms with van der Waals surface area (Å²) in [5.41, 5.74) is 9.48. The number of thiocarbonyl (C=S) groups is 1. The maximum absolute atomic E-state index is 10.6. The van der Waals surface area contributed by atoms with Crippen molar-refractivity contribution in [3.63, 3.8) is 0 Å². The quantitative estimate of drug-likeness (QED) is 0.428. The highest BCUT2D eigenvalue weighted by molar-refractivity contribution is 7.80. The molecule has 0 unspecified atom stereocenters. The van der Waals surface area contributed by atoms with Crippen LogP contribution in [0.15, 0.2) is 59.7 Å². The number of para-hydroxylation sites is 1. The van der Waals surface area contributed by atoms with Crippen LogP contribution in [0.3, 0.4) is 0 Å². The van der Waals surface area contributed by atoms with Gasteiger partial charge in [0.05, 0.1) is 6.21 Å². The number of anilines is 1. The monoisotopic (exact) mass is 328 g/mol. The number of carbonyl (C=O) groups is 1. The highest BCUT2D eigenvalue weighted by atomic mass is 32.1. The molecule has 0 spiro atoms. The molecule has 0 saturated carbocycles. The number of nitrogens with zero attached hydrogens (tertiary/aromatic N) is 1. The Morgan fingerprint density at radius 1 is 1.17 bits per heavy atom. The molecule has 0 radical (unpaired) electrons. The third kappa shape index (κ3) is 6.15. The third-order valence-electron chi connectivity index (χ3n) is 2.67. The lowest BCUT2D eigenvalue weighted by atomic mass is 10.2. The molecule has 0 aliphatic rings. The number of rotatable bonds is 6. The second-order valence-electron chi connectivity index (χ2n) is 4.51. The van der Waals surface area contributed by atoms with Crippen LogP contribution in [-0.2, 0) is 4.79 Å².